The van der Waals surface area contributed by atoms with E-state index in [2.05, 4.69) is 0 Å². The maximum atomic E-state index is 12.8. The number of hydrogen-bond acceptors (Lipinski definition) is 3. The van der Waals surface area contributed by atoms with Crippen LogP contribution in [0.15, 0.2) is 48.5 Å². The van der Waals surface area contributed by atoms with Crippen LogP contribution in [-0.4, -0.2) is 24.7 Å². The number of benzene rings is 2. The quantitative estimate of drug-likeness (QED) is 0.784. The van der Waals surface area contributed by atoms with Crippen LogP contribution >= 0.6 is 20.1 Å². The molecule has 0 aromatic heterocycles. The molecule has 1 heterocycles. The van der Waals surface area contributed by atoms with E-state index < -0.39 is 8.45 Å². The Balaban J connectivity index is 2.00. The van der Waals surface area contributed by atoms with Gasteiger partial charge in [0, 0.05) is 19.2 Å². The fourth-order valence-electron chi connectivity index (χ4n) is 2.55. The van der Waals surface area contributed by atoms with Crippen molar-refractivity contribution in [3.05, 3.63) is 64.7 Å². The van der Waals surface area contributed by atoms with Crippen molar-refractivity contribution >= 4 is 31.6 Å². The first-order valence-electron chi connectivity index (χ1n) is 6.85. The molecule has 1 aliphatic rings. The number of rotatable bonds is 3. The number of carbonyl (C=O) groups is 1. The molecule has 0 radical (unpaired) electrons. The zero-order chi connectivity index (χ0) is 15.7. The van der Waals surface area contributed by atoms with Crippen molar-refractivity contribution < 1.29 is 9.32 Å². The van der Waals surface area contributed by atoms with Crippen LogP contribution in [0.3, 0.4) is 0 Å². The molecule has 3 rings (SSSR count). The van der Waals surface area contributed by atoms with Crippen LogP contribution in [-0.2, 0) is 11.1 Å². The van der Waals surface area contributed by atoms with Gasteiger partial charge in [-0.05, 0) is 23.8 Å². The largest absolute Gasteiger partial charge is 0.326 e. The van der Waals surface area contributed by atoms with E-state index in [1.807, 2.05) is 60.2 Å². The van der Waals surface area contributed by atoms with Gasteiger partial charge in [-0.3, -0.25) is 9.46 Å². The van der Waals surface area contributed by atoms with Gasteiger partial charge in [-0.25, -0.2) is 0 Å². The topological polar surface area (TPSA) is 32.8 Å². The van der Waals surface area contributed by atoms with Gasteiger partial charge < -0.3 is 9.19 Å². The number of hydrogen-bond donors (Lipinski definition) is 0. The van der Waals surface area contributed by atoms with E-state index in [0.29, 0.717) is 17.1 Å². The van der Waals surface area contributed by atoms with E-state index in [-0.39, 0.29) is 5.91 Å². The van der Waals surface area contributed by atoms with Gasteiger partial charge in [0.25, 0.3) is 14.4 Å². The third-order valence-electron chi connectivity index (χ3n) is 3.62. The molecule has 114 valence electrons. The lowest BCUT2D eigenvalue weighted by Crippen LogP contribution is -2.37. The molecule has 1 atom stereocenters. The number of amides is 1. The highest BCUT2D eigenvalue weighted by molar-refractivity contribution is 7.52. The summed E-state index contributed by atoms with van der Waals surface area (Å²) in [6.07, 6.45) is 0. The molecule has 1 unspecified atom stereocenters. The SMILES string of the molecule is COP1N(Cc2ccccc2Cl)C(=O)c2ccccc2N1C. The highest BCUT2D eigenvalue weighted by atomic mass is 35.5. The summed E-state index contributed by atoms with van der Waals surface area (Å²) in [5.41, 5.74) is 2.50. The van der Waals surface area contributed by atoms with E-state index in [1.54, 1.807) is 11.8 Å². The molecule has 2 aromatic rings. The van der Waals surface area contributed by atoms with E-state index in [9.17, 15) is 4.79 Å². The molecule has 4 nitrogen and oxygen atoms in total. The summed E-state index contributed by atoms with van der Waals surface area (Å²) in [4.78, 5) is 12.8. The maximum Gasteiger partial charge on any atom is 0.262 e. The Morgan fingerprint density at radius 1 is 1.14 bits per heavy atom. The summed E-state index contributed by atoms with van der Waals surface area (Å²) in [7, 11) is 2.37. The van der Waals surface area contributed by atoms with Crippen molar-refractivity contribution in [1.29, 1.82) is 0 Å². The van der Waals surface area contributed by atoms with Crippen LogP contribution in [0.25, 0.3) is 0 Å². The van der Waals surface area contributed by atoms with Crippen LogP contribution in [0.2, 0.25) is 5.02 Å². The van der Waals surface area contributed by atoms with Crippen LogP contribution < -0.4 is 4.67 Å². The normalized spacial score (nSPS) is 17.6. The number of halogens is 1. The minimum Gasteiger partial charge on any atom is -0.326 e. The summed E-state index contributed by atoms with van der Waals surface area (Å²) in [5.74, 6) is -0.0263. The van der Waals surface area contributed by atoms with Crippen LogP contribution in [0.1, 0.15) is 15.9 Å². The Morgan fingerprint density at radius 3 is 2.55 bits per heavy atom. The van der Waals surface area contributed by atoms with Crippen molar-refractivity contribution in [2.24, 2.45) is 0 Å². The summed E-state index contributed by atoms with van der Waals surface area (Å²) in [5, 5.41) is 0.655. The Hall–Kier alpha value is -1.61. The Kier molecular flexibility index (Phi) is 4.34. The van der Waals surface area contributed by atoms with E-state index >= 15 is 0 Å². The summed E-state index contributed by atoms with van der Waals surface area (Å²) < 4.78 is 9.37. The van der Waals surface area contributed by atoms with Crippen molar-refractivity contribution in [1.82, 2.24) is 4.67 Å². The van der Waals surface area contributed by atoms with Gasteiger partial charge in [0.2, 0.25) is 0 Å². The Morgan fingerprint density at radius 2 is 1.82 bits per heavy atom. The molecule has 0 fully saturated rings. The average Bonchev–Trinajstić information content (AvgIpc) is 2.54. The van der Waals surface area contributed by atoms with Gasteiger partial charge in [0.1, 0.15) is 0 Å². The molecule has 0 bridgehead atoms. The second-order valence-electron chi connectivity index (χ2n) is 4.93. The molecule has 22 heavy (non-hydrogen) atoms. The second-order valence-corrected chi connectivity index (χ2v) is 7.29. The molecule has 0 aliphatic carbocycles. The van der Waals surface area contributed by atoms with E-state index in [1.165, 1.54) is 0 Å². The first kappa shape index (κ1) is 15.3. The van der Waals surface area contributed by atoms with Crippen LogP contribution in [0, 0.1) is 0 Å². The van der Waals surface area contributed by atoms with E-state index in [4.69, 9.17) is 16.1 Å². The van der Waals surface area contributed by atoms with Gasteiger partial charge in [-0.1, -0.05) is 41.9 Å². The number of nitrogens with zero attached hydrogens (tertiary/aromatic N) is 2. The zero-order valence-corrected chi connectivity index (χ0v) is 14.0. The fourth-order valence-corrected chi connectivity index (χ4v) is 4.41. The lowest BCUT2D eigenvalue weighted by atomic mass is 10.1. The lowest BCUT2D eigenvalue weighted by molar-refractivity contribution is 0.0843. The molecule has 1 aliphatic heterocycles. The molecular formula is C16H16ClN2O2P. The molecule has 0 saturated heterocycles. The molecule has 2 aromatic carbocycles. The predicted octanol–water partition coefficient (Wildman–Crippen LogP) is 4.31. The lowest BCUT2D eigenvalue weighted by Gasteiger charge is -2.41. The first-order chi connectivity index (χ1) is 10.6. The minimum absolute atomic E-state index is 0.0263. The summed E-state index contributed by atoms with van der Waals surface area (Å²) >= 11 is 6.23. The van der Waals surface area contributed by atoms with Crippen molar-refractivity contribution in [3.63, 3.8) is 0 Å². The van der Waals surface area contributed by atoms with Gasteiger partial charge >= 0.3 is 0 Å². The number of carbonyl (C=O) groups excluding carboxylic acids is 1. The monoisotopic (exact) mass is 334 g/mol. The van der Waals surface area contributed by atoms with E-state index in [0.717, 1.165) is 11.3 Å². The highest BCUT2D eigenvalue weighted by Crippen LogP contribution is 2.52. The van der Waals surface area contributed by atoms with Gasteiger partial charge in [-0.15, -0.1) is 0 Å². The summed E-state index contributed by atoms with van der Waals surface area (Å²) in [6.45, 7) is 0.427. The number of para-hydroxylation sites is 1. The Bertz CT molecular complexity index is 710. The van der Waals surface area contributed by atoms with Crippen molar-refractivity contribution in [2.45, 2.75) is 6.54 Å². The molecular weight excluding hydrogens is 319 g/mol. The van der Waals surface area contributed by atoms with Gasteiger partial charge in [0.15, 0.2) is 0 Å². The first-order valence-corrected chi connectivity index (χ1v) is 8.40. The smallest absolute Gasteiger partial charge is 0.262 e. The van der Waals surface area contributed by atoms with Crippen LogP contribution in [0.4, 0.5) is 5.69 Å². The third-order valence-corrected chi connectivity index (χ3v) is 5.78. The molecule has 6 heteroatoms. The van der Waals surface area contributed by atoms with Crippen molar-refractivity contribution in [3.8, 4) is 0 Å². The predicted molar refractivity (Wildman–Crippen MR) is 90.1 cm³/mol. The standard InChI is InChI=1S/C16H16ClN2O2P/c1-18-15-10-6-4-8-13(15)16(20)19(22(18)21-2)11-12-7-3-5-9-14(12)17/h3-10H,11H2,1-2H3. The second kappa shape index (κ2) is 6.25. The number of fused-ring (bicyclic) bond motifs is 1. The average molecular weight is 335 g/mol. The van der Waals surface area contributed by atoms with Gasteiger partial charge in [-0.2, -0.15) is 0 Å². The van der Waals surface area contributed by atoms with Crippen molar-refractivity contribution in [2.75, 3.05) is 18.8 Å². The highest BCUT2D eigenvalue weighted by Gasteiger charge is 2.37. The number of anilines is 1. The summed E-state index contributed by atoms with van der Waals surface area (Å²) in [6, 6.07) is 15.1. The third kappa shape index (κ3) is 2.58. The minimum atomic E-state index is -1.20. The molecule has 1 amide bonds. The maximum absolute atomic E-state index is 12.8. The molecule has 0 spiro atoms. The Labute approximate surface area is 136 Å². The molecule has 0 N–H and O–H groups in total. The van der Waals surface area contributed by atoms with Crippen LogP contribution in [0.5, 0.6) is 0 Å². The zero-order valence-electron chi connectivity index (χ0n) is 12.4. The van der Waals surface area contributed by atoms with Gasteiger partial charge in [0.05, 0.1) is 17.8 Å². The fraction of sp³-hybridized carbons (Fsp3) is 0.188. The molecule has 0 saturated carbocycles.